The molecule has 100 valence electrons. The van der Waals surface area contributed by atoms with Gasteiger partial charge in [-0.05, 0) is 37.3 Å². The Morgan fingerprint density at radius 2 is 2.16 bits per heavy atom. The Balaban J connectivity index is 1.97. The molecule has 0 amide bonds. The Morgan fingerprint density at radius 1 is 1.37 bits per heavy atom. The highest BCUT2D eigenvalue weighted by molar-refractivity contribution is 5.40. The second kappa shape index (κ2) is 4.70. The van der Waals surface area contributed by atoms with Crippen molar-refractivity contribution >= 4 is 0 Å². The van der Waals surface area contributed by atoms with E-state index < -0.39 is 0 Å². The fraction of sp³-hybridized carbons (Fsp3) is 0.400. The lowest BCUT2D eigenvalue weighted by molar-refractivity contribution is 0.397. The Labute approximate surface area is 113 Å². The Hall–Kier alpha value is -1.81. The standard InChI is InChI=1S/C15H19N3O/c1-9-15-12(16)7-10(8-13(15)18-17-9)11-5-3-4-6-14(11)19-2/h3-6,10,12H,7-8,16H2,1-2H3,(H,17,18). The summed E-state index contributed by atoms with van der Waals surface area (Å²) in [7, 11) is 1.71. The van der Waals surface area contributed by atoms with Crippen LogP contribution < -0.4 is 10.5 Å². The highest BCUT2D eigenvalue weighted by Crippen LogP contribution is 2.40. The maximum atomic E-state index is 6.31. The van der Waals surface area contributed by atoms with Crippen LogP contribution in [0.1, 0.15) is 40.9 Å². The third-order valence-electron chi connectivity index (χ3n) is 4.00. The molecule has 2 atom stereocenters. The van der Waals surface area contributed by atoms with Crippen molar-refractivity contribution in [3.63, 3.8) is 0 Å². The molecule has 3 rings (SSSR count). The smallest absolute Gasteiger partial charge is 0.122 e. The van der Waals surface area contributed by atoms with Crippen LogP contribution >= 0.6 is 0 Å². The number of methoxy groups -OCH3 is 1. The first-order valence-corrected chi connectivity index (χ1v) is 6.63. The molecule has 0 fully saturated rings. The van der Waals surface area contributed by atoms with Gasteiger partial charge in [0.05, 0.1) is 12.8 Å². The summed E-state index contributed by atoms with van der Waals surface area (Å²) < 4.78 is 5.46. The normalized spacial score (nSPS) is 22.1. The van der Waals surface area contributed by atoms with Crippen molar-refractivity contribution in [1.82, 2.24) is 10.2 Å². The van der Waals surface area contributed by atoms with Crippen molar-refractivity contribution in [2.45, 2.75) is 31.7 Å². The molecule has 0 radical (unpaired) electrons. The van der Waals surface area contributed by atoms with E-state index in [1.165, 1.54) is 11.1 Å². The molecule has 4 nitrogen and oxygen atoms in total. The number of ether oxygens (including phenoxy) is 1. The SMILES string of the molecule is COc1ccccc1C1Cc2n[nH]c(C)c2C(N)C1. The quantitative estimate of drug-likeness (QED) is 0.868. The largest absolute Gasteiger partial charge is 0.496 e. The van der Waals surface area contributed by atoms with Gasteiger partial charge < -0.3 is 10.5 Å². The van der Waals surface area contributed by atoms with Gasteiger partial charge in [-0.25, -0.2) is 0 Å². The van der Waals surface area contributed by atoms with Gasteiger partial charge in [0.1, 0.15) is 5.75 Å². The molecule has 19 heavy (non-hydrogen) atoms. The van der Waals surface area contributed by atoms with Gasteiger partial charge in [-0.3, -0.25) is 5.10 Å². The Kier molecular flexibility index (Phi) is 3.03. The van der Waals surface area contributed by atoms with Crippen molar-refractivity contribution < 1.29 is 4.74 Å². The Bertz CT molecular complexity index is 591. The number of nitrogens with two attached hydrogens (primary N) is 1. The van der Waals surface area contributed by atoms with E-state index in [1.54, 1.807) is 7.11 Å². The summed E-state index contributed by atoms with van der Waals surface area (Å²) in [5.41, 5.74) is 10.9. The lowest BCUT2D eigenvalue weighted by Crippen LogP contribution is -2.23. The van der Waals surface area contributed by atoms with Crippen LogP contribution in [0.2, 0.25) is 0 Å². The second-order valence-electron chi connectivity index (χ2n) is 5.19. The van der Waals surface area contributed by atoms with Crippen molar-refractivity contribution in [3.8, 4) is 5.75 Å². The van der Waals surface area contributed by atoms with Crippen LogP contribution in [0.15, 0.2) is 24.3 Å². The number of hydrogen-bond donors (Lipinski definition) is 2. The predicted molar refractivity (Wildman–Crippen MR) is 74.3 cm³/mol. The second-order valence-corrected chi connectivity index (χ2v) is 5.19. The minimum absolute atomic E-state index is 0.0532. The number of rotatable bonds is 2. The molecule has 1 aliphatic carbocycles. The third-order valence-corrected chi connectivity index (χ3v) is 4.00. The zero-order valence-corrected chi connectivity index (χ0v) is 11.3. The third kappa shape index (κ3) is 2.02. The topological polar surface area (TPSA) is 63.9 Å². The van der Waals surface area contributed by atoms with E-state index in [0.29, 0.717) is 5.92 Å². The molecule has 1 aliphatic rings. The summed E-state index contributed by atoms with van der Waals surface area (Å²) >= 11 is 0. The Morgan fingerprint density at radius 3 is 2.95 bits per heavy atom. The first-order valence-electron chi connectivity index (χ1n) is 6.63. The minimum Gasteiger partial charge on any atom is -0.496 e. The van der Waals surface area contributed by atoms with E-state index in [9.17, 15) is 0 Å². The minimum atomic E-state index is 0.0532. The summed E-state index contributed by atoms with van der Waals surface area (Å²) in [5, 5.41) is 7.44. The summed E-state index contributed by atoms with van der Waals surface area (Å²) in [5.74, 6) is 1.32. The summed E-state index contributed by atoms with van der Waals surface area (Å²) in [6.07, 6.45) is 1.86. The molecule has 1 aromatic carbocycles. The van der Waals surface area contributed by atoms with Crippen LogP contribution in [0.5, 0.6) is 5.75 Å². The molecule has 1 aromatic heterocycles. The average Bonchev–Trinajstić information content (AvgIpc) is 2.80. The van der Waals surface area contributed by atoms with Gasteiger partial charge >= 0.3 is 0 Å². The monoisotopic (exact) mass is 257 g/mol. The van der Waals surface area contributed by atoms with Crippen molar-refractivity contribution in [3.05, 3.63) is 46.8 Å². The van der Waals surface area contributed by atoms with Gasteiger partial charge in [-0.2, -0.15) is 5.10 Å². The maximum absolute atomic E-state index is 6.31. The zero-order chi connectivity index (χ0) is 13.4. The highest BCUT2D eigenvalue weighted by Gasteiger charge is 2.30. The molecular weight excluding hydrogens is 238 g/mol. The molecule has 0 bridgehead atoms. The van der Waals surface area contributed by atoms with Gasteiger partial charge in [0.15, 0.2) is 0 Å². The highest BCUT2D eigenvalue weighted by atomic mass is 16.5. The number of aromatic nitrogens is 2. The summed E-state index contributed by atoms with van der Waals surface area (Å²) in [4.78, 5) is 0. The molecule has 0 saturated heterocycles. The molecular formula is C15H19N3O. The summed E-state index contributed by atoms with van der Waals surface area (Å²) in [6.45, 7) is 2.04. The first-order chi connectivity index (χ1) is 9.20. The molecule has 2 unspecified atom stereocenters. The van der Waals surface area contributed by atoms with Crippen molar-refractivity contribution in [2.24, 2.45) is 5.73 Å². The molecule has 1 heterocycles. The lowest BCUT2D eigenvalue weighted by atomic mass is 9.79. The zero-order valence-electron chi connectivity index (χ0n) is 11.3. The van der Waals surface area contributed by atoms with Crippen LogP contribution in [0, 0.1) is 6.92 Å². The van der Waals surface area contributed by atoms with Gasteiger partial charge in [-0.15, -0.1) is 0 Å². The van der Waals surface area contributed by atoms with Gasteiger partial charge in [-0.1, -0.05) is 18.2 Å². The van der Waals surface area contributed by atoms with Gasteiger partial charge in [0.25, 0.3) is 0 Å². The number of aryl methyl sites for hydroxylation is 1. The van der Waals surface area contributed by atoms with E-state index in [-0.39, 0.29) is 6.04 Å². The average molecular weight is 257 g/mol. The van der Waals surface area contributed by atoms with Crippen LogP contribution in [-0.2, 0) is 6.42 Å². The first kappa shape index (κ1) is 12.2. The number of aromatic amines is 1. The van der Waals surface area contributed by atoms with Crippen LogP contribution in [0.4, 0.5) is 0 Å². The van der Waals surface area contributed by atoms with E-state index in [2.05, 4.69) is 22.3 Å². The fourth-order valence-corrected chi connectivity index (χ4v) is 3.12. The molecule has 3 N–H and O–H groups in total. The van der Waals surface area contributed by atoms with Crippen molar-refractivity contribution in [2.75, 3.05) is 7.11 Å². The molecule has 0 spiro atoms. The molecule has 4 heteroatoms. The number of hydrogen-bond acceptors (Lipinski definition) is 3. The van der Waals surface area contributed by atoms with E-state index >= 15 is 0 Å². The van der Waals surface area contributed by atoms with Crippen LogP contribution in [0.25, 0.3) is 0 Å². The van der Waals surface area contributed by atoms with Crippen LogP contribution in [-0.4, -0.2) is 17.3 Å². The maximum Gasteiger partial charge on any atom is 0.122 e. The van der Waals surface area contributed by atoms with Crippen LogP contribution in [0.3, 0.4) is 0 Å². The van der Waals surface area contributed by atoms with Crippen molar-refractivity contribution in [1.29, 1.82) is 0 Å². The number of para-hydroxylation sites is 1. The number of benzene rings is 1. The van der Waals surface area contributed by atoms with E-state index in [0.717, 1.165) is 30.0 Å². The molecule has 0 saturated carbocycles. The van der Waals surface area contributed by atoms with Gasteiger partial charge in [0, 0.05) is 17.3 Å². The lowest BCUT2D eigenvalue weighted by Gasteiger charge is -2.28. The summed E-state index contributed by atoms with van der Waals surface area (Å²) in [6, 6.07) is 8.23. The number of H-pyrrole nitrogens is 1. The van der Waals surface area contributed by atoms with E-state index in [4.69, 9.17) is 10.5 Å². The number of nitrogens with zero attached hydrogens (tertiary/aromatic N) is 1. The predicted octanol–water partition coefficient (Wildman–Crippen LogP) is 2.46. The fourth-order valence-electron chi connectivity index (χ4n) is 3.12. The van der Waals surface area contributed by atoms with E-state index in [1.807, 2.05) is 19.1 Å². The molecule has 2 aromatic rings. The van der Waals surface area contributed by atoms with Gasteiger partial charge in [0.2, 0.25) is 0 Å². The number of fused-ring (bicyclic) bond motifs is 1. The molecule has 0 aliphatic heterocycles. The number of nitrogens with one attached hydrogen (secondary N) is 1.